The fourth-order valence-electron chi connectivity index (χ4n) is 2.81. The lowest BCUT2D eigenvalue weighted by Crippen LogP contribution is -2.30. The molecule has 1 aromatic carbocycles. The minimum absolute atomic E-state index is 0.158. The average Bonchev–Trinajstić information content (AvgIpc) is 2.70. The van der Waals surface area contributed by atoms with Crippen molar-refractivity contribution in [3.63, 3.8) is 0 Å². The average molecular weight is 286 g/mol. The van der Waals surface area contributed by atoms with Gasteiger partial charge in [-0.1, -0.05) is 6.07 Å². The minimum Gasteiger partial charge on any atom is -0.478 e. The lowest BCUT2D eigenvalue weighted by molar-refractivity contribution is 0.0699. The maximum absolute atomic E-state index is 11.3. The summed E-state index contributed by atoms with van der Waals surface area (Å²) in [6.45, 7) is 4.50. The second-order valence-electron chi connectivity index (χ2n) is 5.32. The van der Waals surface area contributed by atoms with Gasteiger partial charge in [0.15, 0.2) is 0 Å². The highest BCUT2D eigenvalue weighted by Crippen LogP contribution is 2.29. The molecule has 1 saturated heterocycles. The van der Waals surface area contributed by atoms with Gasteiger partial charge < -0.3 is 14.7 Å². The number of pyridine rings is 1. The lowest BCUT2D eigenvalue weighted by atomic mass is 10.1. The summed E-state index contributed by atoms with van der Waals surface area (Å²) in [6.07, 6.45) is 2.82. The Kier molecular flexibility index (Phi) is 3.75. The summed E-state index contributed by atoms with van der Waals surface area (Å²) in [4.78, 5) is 18.0. The Morgan fingerprint density at radius 3 is 3.10 bits per heavy atom. The molecule has 0 spiro atoms. The Morgan fingerprint density at radius 1 is 1.43 bits per heavy atom. The molecule has 0 radical (unpaired) electrons. The van der Waals surface area contributed by atoms with E-state index in [4.69, 9.17) is 4.74 Å². The number of carboxylic acids is 1. The van der Waals surface area contributed by atoms with Gasteiger partial charge in [0, 0.05) is 31.3 Å². The highest BCUT2D eigenvalue weighted by atomic mass is 16.5. The van der Waals surface area contributed by atoms with Crippen LogP contribution in [0.5, 0.6) is 0 Å². The quantitative estimate of drug-likeness (QED) is 0.919. The summed E-state index contributed by atoms with van der Waals surface area (Å²) < 4.78 is 5.67. The second-order valence-corrected chi connectivity index (χ2v) is 5.32. The zero-order valence-corrected chi connectivity index (χ0v) is 12.0. The number of carbonyl (C=O) groups is 1. The zero-order chi connectivity index (χ0) is 14.8. The highest BCUT2D eigenvalue weighted by Gasteiger charge is 2.19. The number of aromatic carboxylic acids is 1. The summed E-state index contributed by atoms with van der Waals surface area (Å²) in [6, 6.07) is 7.11. The molecular formula is C16H18N2O3. The maximum Gasteiger partial charge on any atom is 0.336 e. The van der Waals surface area contributed by atoms with E-state index >= 15 is 0 Å². The molecule has 2 heterocycles. The summed E-state index contributed by atoms with van der Waals surface area (Å²) >= 11 is 0. The smallest absolute Gasteiger partial charge is 0.336 e. The van der Waals surface area contributed by atoms with E-state index in [-0.39, 0.29) is 6.10 Å². The van der Waals surface area contributed by atoms with Gasteiger partial charge in [0.2, 0.25) is 0 Å². The van der Waals surface area contributed by atoms with Crippen LogP contribution in [0.3, 0.4) is 0 Å². The van der Waals surface area contributed by atoms with E-state index in [1.165, 1.54) is 0 Å². The van der Waals surface area contributed by atoms with Gasteiger partial charge in [0.25, 0.3) is 0 Å². The number of fused-ring (bicyclic) bond motifs is 1. The molecule has 5 nitrogen and oxygen atoms in total. The van der Waals surface area contributed by atoms with Crippen LogP contribution in [0.4, 0.5) is 5.69 Å². The van der Waals surface area contributed by atoms with Crippen LogP contribution in [0.1, 0.15) is 23.7 Å². The summed E-state index contributed by atoms with van der Waals surface area (Å²) in [7, 11) is 0. The van der Waals surface area contributed by atoms with Crippen molar-refractivity contribution in [2.24, 2.45) is 0 Å². The van der Waals surface area contributed by atoms with Crippen molar-refractivity contribution >= 4 is 22.6 Å². The Labute approximate surface area is 123 Å². The van der Waals surface area contributed by atoms with Crippen LogP contribution >= 0.6 is 0 Å². The fraction of sp³-hybridized carbons (Fsp3) is 0.375. The molecule has 1 N–H and O–H groups in total. The number of hydrogen-bond acceptors (Lipinski definition) is 4. The van der Waals surface area contributed by atoms with Crippen LogP contribution in [0.15, 0.2) is 30.5 Å². The molecule has 0 bridgehead atoms. The molecule has 1 aliphatic heterocycles. The number of nitrogens with zero attached hydrogens (tertiary/aromatic N) is 2. The van der Waals surface area contributed by atoms with E-state index < -0.39 is 5.97 Å². The molecule has 1 fully saturated rings. The molecule has 110 valence electrons. The predicted molar refractivity (Wildman–Crippen MR) is 80.9 cm³/mol. The van der Waals surface area contributed by atoms with Crippen molar-refractivity contribution in [1.29, 1.82) is 0 Å². The Hall–Kier alpha value is -2.14. The van der Waals surface area contributed by atoms with Crippen molar-refractivity contribution < 1.29 is 14.6 Å². The summed E-state index contributed by atoms with van der Waals surface area (Å²) in [5.41, 5.74) is 2.01. The standard InChI is InChI=1S/C16H18N2O3/c1-11-10-18(8-3-9-21-11)14-6-5-13(16(19)20)12-4-2-7-17-15(12)14/h2,4-7,11H,3,8-10H2,1H3,(H,19,20)/t11-/m0/s1. The Bertz CT molecular complexity index is 672. The van der Waals surface area contributed by atoms with Crippen molar-refractivity contribution in [1.82, 2.24) is 4.98 Å². The van der Waals surface area contributed by atoms with Crippen molar-refractivity contribution in [2.45, 2.75) is 19.4 Å². The molecule has 5 heteroatoms. The van der Waals surface area contributed by atoms with E-state index in [9.17, 15) is 9.90 Å². The molecule has 0 saturated carbocycles. The number of benzene rings is 1. The lowest BCUT2D eigenvalue weighted by Gasteiger charge is -2.25. The monoisotopic (exact) mass is 286 g/mol. The molecule has 2 aromatic rings. The highest BCUT2D eigenvalue weighted by molar-refractivity contribution is 6.06. The predicted octanol–water partition coefficient (Wildman–Crippen LogP) is 2.55. The number of anilines is 1. The molecule has 0 unspecified atom stereocenters. The van der Waals surface area contributed by atoms with Gasteiger partial charge in [-0.05, 0) is 31.5 Å². The number of aromatic nitrogens is 1. The van der Waals surface area contributed by atoms with Crippen LogP contribution < -0.4 is 4.90 Å². The number of rotatable bonds is 2. The van der Waals surface area contributed by atoms with Gasteiger partial charge in [-0.3, -0.25) is 4.98 Å². The van der Waals surface area contributed by atoms with Crippen molar-refractivity contribution in [3.8, 4) is 0 Å². The van der Waals surface area contributed by atoms with Gasteiger partial charge in [0.1, 0.15) is 0 Å². The molecule has 21 heavy (non-hydrogen) atoms. The van der Waals surface area contributed by atoms with Gasteiger partial charge in [-0.25, -0.2) is 4.79 Å². The second kappa shape index (κ2) is 5.69. The molecular weight excluding hydrogens is 268 g/mol. The normalized spacial score (nSPS) is 19.5. The van der Waals surface area contributed by atoms with E-state index in [0.29, 0.717) is 10.9 Å². The van der Waals surface area contributed by atoms with Gasteiger partial charge in [-0.15, -0.1) is 0 Å². The first kappa shape index (κ1) is 13.8. The van der Waals surface area contributed by atoms with E-state index in [2.05, 4.69) is 16.8 Å². The third-order valence-electron chi connectivity index (χ3n) is 3.77. The van der Waals surface area contributed by atoms with Crippen LogP contribution in [0.2, 0.25) is 0 Å². The Morgan fingerprint density at radius 2 is 2.29 bits per heavy atom. The maximum atomic E-state index is 11.3. The zero-order valence-electron chi connectivity index (χ0n) is 12.0. The molecule has 1 atom stereocenters. The number of carboxylic acid groups (broad SMARTS) is 1. The van der Waals surface area contributed by atoms with Crippen LogP contribution in [-0.2, 0) is 4.74 Å². The fourth-order valence-corrected chi connectivity index (χ4v) is 2.81. The minimum atomic E-state index is -0.924. The first-order valence-electron chi connectivity index (χ1n) is 7.14. The van der Waals surface area contributed by atoms with Crippen LogP contribution in [0, 0.1) is 0 Å². The van der Waals surface area contributed by atoms with Crippen molar-refractivity contribution in [2.75, 3.05) is 24.6 Å². The van der Waals surface area contributed by atoms with Gasteiger partial charge >= 0.3 is 5.97 Å². The first-order chi connectivity index (χ1) is 10.2. The van der Waals surface area contributed by atoms with Crippen LogP contribution in [0.25, 0.3) is 10.9 Å². The van der Waals surface area contributed by atoms with Crippen LogP contribution in [-0.4, -0.2) is 41.9 Å². The van der Waals surface area contributed by atoms with Gasteiger partial charge in [0.05, 0.1) is 22.9 Å². The van der Waals surface area contributed by atoms with E-state index in [1.807, 2.05) is 12.1 Å². The van der Waals surface area contributed by atoms with E-state index in [1.54, 1.807) is 18.3 Å². The summed E-state index contributed by atoms with van der Waals surface area (Å²) in [5.74, 6) is -0.924. The first-order valence-corrected chi connectivity index (χ1v) is 7.14. The molecule has 1 aromatic heterocycles. The summed E-state index contributed by atoms with van der Waals surface area (Å²) in [5, 5.41) is 9.99. The molecule has 0 amide bonds. The topological polar surface area (TPSA) is 62.7 Å². The van der Waals surface area contributed by atoms with Gasteiger partial charge in [-0.2, -0.15) is 0 Å². The molecule has 3 rings (SSSR count). The number of ether oxygens (including phenoxy) is 1. The third-order valence-corrected chi connectivity index (χ3v) is 3.77. The Balaban J connectivity index is 2.10. The molecule has 1 aliphatic rings. The molecule has 0 aliphatic carbocycles. The third kappa shape index (κ3) is 2.69. The largest absolute Gasteiger partial charge is 0.478 e. The SMILES string of the molecule is C[C@H]1CN(c2ccc(C(=O)O)c3cccnc23)CCCO1. The number of hydrogen-bond donors (Lipinski definition) is 1. The van der Waals surface area contributed by atoms with E-state index in [0.717, 1.165) is 37.3 Å². The van der Waals surface area contributed by atoms with Crippen molar-refractivity contribution in [3.05, 3.63) is 36.0 Å².